The highest BCUT2D eigenvalue weighted by molar-refractivity contribution is 5.93. The number of carbonyl (C=O) groups is 2. The molecule has 2 aromatic rings. The van der Waals surface area contributed by atoms with Crippen molar-refractivity contribution in [3.63, 3.8) is 0 Å². The Morgan fingerprint density at radius 3 is 2.03 bits per heavy atom. The van der Waals surface area contributed by atoms with Crippen LogP contribution < -0.4 is 15.5 Å². The normalized spacial score (nSPS) is 17.2. The third-order valence-electron chi connectivity index (χ3n) is 5.78. The van der Waals surface area contributed by atoms with E-state index in [0.717, 1.165) is 24.5 Å². The Kier molecular flexibility index (Phi) is 5.98. The molecule has 0 saturated carbocycles. The van der Waals surface area contributed by atoms with Crippen molar-refractivity contribution < 1.29 is 9.59 Å². The molecular formula is C23H28N4O2. The molecule has 0 unspecified atom stereocenters. The van der Waals surface area contributed by atoms with Gasteiger partial charge in [-0.25, -0.2) is 4.79 Å². The number of likely N-dealkylation sites (tertiary alicyclic amines) is 1. The highest BCUT2D eigenvalue weighted by atomic mass is 16.2. The van der Waals surface area contributed by atoms with Crippen LogP contribution in [0.25, 0.3) is 0 Å². The third-order valence-corrected chi connectivity index (χ3v) is 5.78. The minimum Gasteiger partial charge on any atom is -0.372 e. The minimum atomic E-state index is -0.104. The summed E-state index contributed by atoms with van der Waals surface area (Å²) in [7, 11) is 0. The Hall–Kier alpha value is -3.02. The van der Waals surface area contributed by atoms with E-state index in [1.807, 2.05) is 42.5 Å². The van der Waals surface area contributed by atoms with Gasteiger partial charge in [0.1, 0.15) is 0 Å². The van der Waals surface area contributed by atoms with E-state index in [4.69, 9.17) is 0 Å². The maximum atomic E-state index is 12.6. The fraction of sp³-hybridized carbons (Fsp3) is 0.391. The molecule has 6 nitrogen and oxygen atoms in total. The molecule has 2 aliphatic heterocycles. The topological polar surface area (TPSA) is 64.7 Å². The molecule has 2 aromatic carbocycles. The van der Waals surface area contributed by atoms with Gasteiger partial charge in [0.2, 0.25) is 5.91 Å². The monoisotopic (exact) mass is 392 g/mol. The average Bonchev–Trinajstić information content (AvgIpc) is 3.30. The summed E-state index contributed by atoms with van der Waals surface area (Å²) in [6, 6.07) is 17.5. The summed E-state index contributed by atoms with van der Waals surface area (Å²) in [6.07, 6.45) is 3.86. The van der Waals surface area contributed by atoms with Crippen LogP contribution in [0.1, 0.15) is 25.7 Å². The first kappa shape index (κ1) is 19.3. The summed E-state index contributed by atoms with van der Waals surface area (Å²) < 4.78 is 0. The molecule has 0 aromatic heterocycles. The summed E-state index contributed by atoms with van der Waals surface area (Å²) >= 11 is 0. The van der Waals surface area contributed by atoms with Crippen LogP contribution in [-0.4, -0.2) is 43.0 Å². The van der Waals surface area contributed by atoms with Crippen molar-refractivity contribution in [2.45, 2.75) is 25.7 Å². The van der Waals surface area contributed by atoms with Crippen molar-refractivity contribution in [3.8, 4) is 0 Å². The van der Waals surface area contributed by atoms with E-state index in [9.17, 15) is 9.59 Å². The second-order valence-corrected chi connectivity index (χ2v) is 7.79. The second-order valence-electron chi connectivity index (χ2n) is 7.79. The fourth-order valence-electron chi connectivity index (χ4n) is 4.04. The standard InChI is InChI=1S/C23H28N4O2/c28-22(24-20-8-10-21(11-9-20)26-14-4-5-15-26)18-12-16-27(17-13-18)23(29)25-19-6-2-1-3-7-19/h1-3,6-11,18H,4-5,12-17H2,(H,24,28)(H,25,29). The summed E-state index contributed by atoms with van der Waals surface area (Å²) in [6.45, 7) is 3.40. The van der Waals surface area contributed by atoms with Gasteiger partial charge in [-0.05, 0) is 62.1 Å². The van der Waals surface area contributed by atoms with Crippen LogP contribution in [0.5, 0.6) is 0 Å². The van der Waals surface area contributed by atoms with E-state index in [0.29, 0.717) is 25.9 Å². The van der Waals surface area contributed by atoms with Gasteiger partial charge in [0.25, 0.3) is 0 Å². The lowest BCUT2D eigenvalue weighted by atomic mass is 9.96. The van der Waals surface area contributed by atoms with Crippen LogP contribution in [0, 0.1) is 5.92 Å². The summed E-state index contributed by atoms with van der Waals surface area (Å²) in [4.78, 5) is 29.2. The van der Waals surface area contributed by atoms with Crippen LogP contribution in [0.3, 0.4) is 0 Å². The van der Waals surface area contributed by atoms with E-state index in [2.05, 4.69) is 27.7 Å². The molecule has 4 rings (SSSR count). The van der Waals surface area contributed by atoms with Gasteiger partial charge in [-0.3, -0.25) is 4.79 Å². The predicted molar refractivity (Wildman–Crippen MR) is 116 cm³/mol. The van der Waals surface area contributed by atoms with Gasteiger partial charge in [0, 0.05) is 49.2 Å². The van der Waals surface area contributed by atoms with Crippen molar-refractivity contribution in [1.82, 2.24) is 4.90 Å². The molecule has 2 heterocycles. The number of para-hydroxylation sites is 1. The molecular weight excluding hydrogens is 364 g/mol. The van der Waals surface area contributed by atoms with E-state index < -0.39 is 0 Å². The van der Waals surface area contributed by atoms with Gasteiger partial charge < -0.3 is 20.4 Å². The first-order valence-corrected chi connectivity index (χ1v) is 10.5. The molecule has 0 bridgehead atoms. The number of nitrogens with one attached hydrogen (secondary N) is 2. The predicted octanol–water partition coefficient (Wildman–Crippen LogP) is 4.17. The average molecular weight is 393 g/mol. The molecule has 6 heteroatoms. The smallest absolute Gasteiger partial charge is 0.321 e. The van der Waals surface area contributed by atoms with Crippen molar-refractivity contribution in [2.75, 3.05) is 41.7 Å². The Bertz CT molecular complexity index is 824. The van der Waals surface area contributed by atoms with Crippen molar-refractivity contribution in [1.29, 1.82) is 0 Å². The second kappa shape index (κ2) is 8.99. The highest BCUT2D eigenvalue weighted by Crippen LogP contribution is 2.24. The molecule has 2 aliphatic rings. The molecule has 3 amide bonds. The number of anilines is 3. The minimum absolute atomic E-state index is 0.0436. The number of piperidine rings is 1. The van der Waals surface area contributed by atoms with Gasteiger partial charge in [-0.1, -0.05) is 18.2 Å². The maximum Gasteiger partial charge on any atom is 0.321 e. The van der Waals surface area contributed by atoms with Gasteiger partial charge >= 0.3 is 6.03 Å². The Labute approximate surface area is 171 Å². The summed E-state index contributed by atoms with van der Waals surface area (Å²) in [5.41, 5.74) is 2.84. The Morgan fingerprint density at radius 2 is 1.38 bits per heavy atom. The largest absolute Gasteiger partial charge is 0.372 e. The van der Waals surface area contributed by atoms with E-state index in [1.165, 1.54) is 18.5 Å². The SMILES string of the molecule is O=C(Nc1ccc(N2CCCC2)cc1)C1CCN(C(=O)Nc2ccccc2)CC1. The van der Waals surface area contributed by atoms with Gasteiger partial charge in [0.05, 0.1) is 0 Å². The van der Waals surface area contributed by atoms with Crippen molar-refractivity contribution >= 4 is 29.0 Å². The molecule has 29 heavy (non-hydrogen) atoms. The Morgan fingerprint density at radius 1 is 0.759 bits per heavy atom. The molecule has 0 atom stereocenters. The van der Waals surface area contributed by atoms with Crippen LogP contribution >= 0.6 is 0 Å². The lowest BCUT2D eigenvalue weighted by molar-refractivity contribution is -0.121. The van der Waals surface area contributed by atoms with Crippen LogP contribution in [0.15, 0.2) is 54.6 Å². The summed E-state index contributed by atoms with van der Waals surface area (Å²) in [5, 5.41) is 5.94. The number of amides is 3. The first-order chi connectivity index (χ1) is 14.2. The quantitative estimate of drug-likeness (QED) is 0.821. The molecule has 0 aliphatic carbocycles. The number of hydrogen-bond acceptors (Lipinski definition) is 3. The lowest BCUT2D eigenvalue weighted by Gasteiger charge is -2.31. The fourth-order valence-corrected chi connectivity index (χ4v) is 4.04. The van der Waals surface area contributed by atoms with Crippen molar-refractivity contribution in [3.05, 3.63) is 54.6 Å². The maximum absolute atomic E-state index is 12.6. The third kappa shape index (κ3) is 4.88. The molecule has 152 valence electrons. The number of urea groups is 1. The zero-order valence-electron chi connectivity index (χ0n) is 16.6. The van der Waals surface area contributed by atoms with Crippen LogP contribution in [-0.2, 0) is 4.79 Å². The van der Waals surface area contributed by atoms with Gasteiger partial charge in [-0.15, -0.1) is 0 Å². The number of carbonyl (C=O) groups excluding carboxylic acids is 2. The van der Waals surface area contributed by atoms with E-state index in [1.54, 1.807) is 4.90 Å². The molecule has 2 fully saturated rings. The van der Waals surface area contributed by atoms with Crippen LogP contribution in [0.2, 0.25) is 0 Å². The van der Waals surface area contributed by atoms with Gasteiger partial charge in [0.15, 0.2) is 0 Å². The van der Waals surface area contributed by atoms with Gasteiger partial charge in [-0.2, -0.15) is 0 Å². The Balaban J connectivity index is 1.25. The number of benzene rings is 2. The van der Waals surface area contributed by atoms with Crippen molar-refractivity contribution in [2.24, 2.45) is 5.92 Å². The number of rotatable bonds is 4. The molecule has 0 spiro atoms. The van der Waals surface area contributed by atoms with E-state index in [-0.39, 0.29) is 17.9 Å². The molecule has 2 saturated heterocycles. The highest BCUT2D eigenvalue weighted by Gasteiger charge is 2.27. The van der Waals surface area contributed by atoms with Crippen LogP contribution in [0.4, 0.5) is 21.9 Å². The zero-order chi connectivity index (χ0) is 20.1. The lowest BCUT2D eigenvalue weighted by Crippen LogP contribution is -2.43. The zero-order valence-corrected chi connectivity index (χ0v) is 16.6. The summed E-state index contributed by atoms with van der Waals surface area (Å²) in [5.74, 6) is -0.0175. The number of nitrogens with zero attached hydrogens (tertiary/aromatic N) is 2. The molecule has 2 N–H and O–H groups in total. The first-order valence-electron chi connectivity index (χ1n) is 10.5. The number of hydrogen-bond donors (Lipinski definition) is 2. The van der Waals surface area contributed by atoms with E-state index >= 15 is 0 Å². The molecule has 0 radical (unpaired) electrons.